The van der Waals surface area contributed by atoms with Crippen molar-refractivity contribution in [2.75, 3.05) is 6.61 Å². The summed E-state index contributed by atoms with van der Waals surface area (Å²) in [7, 11) is 0. The highest BCUT2D eigenvalue weighted by molar-refractivity contribution is 5.67. The molecule has 0 unspecified atom stereocenters. The van der Waals surface area contributed by atoms with Gasteiger partial charge >= 0.3 is 6.09 Å². The lowest BCUT2D eigenvalue weighted by molar-refractivity contribution is 0.120. The number of pyridine rings is 1. The van der Waals surface area contributed by atoms with Crippen molar-refractivity contribution in [2.24, 2.45) is 0 Å². The first-order valence-electron chi connectivity index (χ1n) is 7.17. The maximum absolute atomic E-state index is 11.3. The second-order valence-electron chi connectivity index (χ2n) is 4.95. The van der Waals surface area contributed by atoms with E-state index < -0.39 is 0 Å². The van der Waals surface area contributed by atoms with Gasteiger partial charge in [0.25, 0.3) is 0 Å². The summed E-state index contributed by atoms with van der Waals surface area (Å²) >= 11 is 0. The lowest BCUT2D eigenvalue weighted by Gasteiger charge is -2.28. The molecule has 1 saturated carbocycles. The zero-order valence-electron chi connectivity index (χ0n) is 12.0. The number of alkyl carbamates (subject to hydrolysis) is 1. The van der Waals surface area contributed by atoms with Gasteiger partial charge in [-0.3, -0.25) is 0 Å². The molecule has 1 fully saturated rings. The fourth-order valence-electron chi connectivity index (χ4n) is 2.35. The van der Waals surface area contributed by atoms with Gasteiger partial charge in [-0.2, -0.15) is 5.26 Å². The van der Waals surface area contributed by atoms with E-state index in [0.717, 1.165) is 25.7 Å². The number of hydrogen-bond donors (Lipinski definition) is 1. The zero-order valence-corrected chi connectivity index (χ0v) is 12.0. The molecule has 1 amide bonds. The van der Waals surface area contributed by atoms with E-state index in [9.17, 15) is 4.79 Å². The smallest absolute Gasteiger partial charge is 0.407 e. The van der Waals surface area contributed by atoms with Crippen LogP contribution in [0, 0.1) is 11.3 Å². The fraction of sp³-hybridized carbons (Fsp3) is 0.533. The summed E-state index contributed by atoms with van der Waals surface area (Å²) < 4.78 is 10.7. The van der Waals surface area contributed by atoms with Gasteiger partial charge in [0.15, 0.2) is 0 Å². The van der Waals surface area contributed by atoms with Gasteiger partial charge in [0.1, 0.15) is 12.2 Å². The molecular formula is C15H19N3O3. The molecule has 1 aliphatic rings. The summed E-state index contributed by atoms with van der Waals surface area (Å²) in [6.07, 6.45) is 4.70. The molecule has 0 saturated heterocycles. The van der Waals surface area contributed by atoms with Crippen LogP contribution in [0.15, 0.2) is 18.3 Å². The van der Waals surface area contributed by atoms with Crippen LogP contribution < -0.4 is 10.1 Å². The standard InChI is InChI=1S/C15H19N3O3/c1-2-20-15(19)18-12-4-6-13(7-5-12)21-14-8-3-11(9-16)10-17-14/h3,8,10,12-13H,2,4-7H2,1H3,(H,18,19). The third kappa shape index (κ3) is 4.63. The molecule has 1 aromatic heterocycles. The molecule has 0 radical (unpaired) electrons. The Morgan fingerprint density at radius 2 is 2.19 bits per heavy atom. The molecule has 1 aromatic rings. The second-order valence-corrected chi connectivity index (χ2v) is 4.95. The zero-order chi connectivity index (χ0) is 15.1. The van der Waals surface area contributed by atoms with Crippen LogP contribution in [0.25, 0.3) is 0 Å². The maximum Gasteiger partial charge on any atom is 0.407 e. The number of carbonyl (C=O) groups is 1. The minimum atomic E-state index is -0.351. The predicted molar refractivity (Wildman–Crippen MR) is 75.8 cm³/mol. The Balaban J connectivity index is 1.76. The Morgan fingerprint density at radius 1 is 1.43 bits per heavy atom. The van der Waals surface area contributed by atoms with Gasteiger partial charge in [0, 0.05) is 18.3 Å². The van der Waals surface area contributed by atoms with Crippen LogP contribution in [-0.4, -0.2) is 29.8 Å². The van der Waals surface area contributed by atoms with E-state index in [4.69, 9.17) is 14.7 Å². The summed E-state index contributed by atoms with van der Waals surface area (Å²) in [5.74, 6) is 0.538. The van der Waals surface area contributed by atoms with Crippen molar-refractivity contribution < 1.29 is 14.3 Å². The number of amides is 1. The van der Waals surface area contributed by atoms with Gasteiger partial charge in [-0.15, -0.1) is 0 Å². The third-order valence-corrected chi connectivity index (χ3v) is 3.42. The highest BCUT2D eigenvalue weighted by Gasteiger charge is 2.24. The first kappa shape index (κ1) is 15.1. The quantitative estimate of drug-likeness (QED) is 0.920. The van der Waals surface area contributed by atoms with Gasteiger partial charge in [-0.05, 0) is 38.7 Å². The van der Waals surface area contributed by atoms with Crippen LogP contribution in [0.3, 0.4) is 0 Å². The monoisotopic (exact) mass is 289 g/mol. The molecule has 6 nitrogen and oxygen atoms in total. The van der Waals surface area contributed by atoms with Crippen molar-refractivity contribution in [2.45, 2.75) is 44.8 Å². The Hall–Kier alpha value is -2.29. The summed E-state index contributed by atoms with van der Waals surface area (Å²) in [6, 6.07) is 5.57. The van der Waals surface area contributed by atoms with E-state index in [2.05, 4.69) is 10.3 Å². The van der Waals surface area contributed by atoms with Crippen LogP contribution in [0.2, 0.25) is 0 Å². The third-order valence-electron chi connectivity index (χ3n) is 3.42. The first-order valence-corrected chi connectivity index (χ1v) is 7.17. The molecule has 0 aliphatic heterocycles. The van der Waals surface area contributed by atoms with Gasteiger partial charge in [0.2, 0.25) is 5.88 Å². The highest BCUT2D eigenvalue weighted by Crippen LogP contribution is 2.23. The van der Waals surface area contributed by atoms with Crippen LogP contribution in [0.4, 0.5) is 4.79 Å². The second kappa shape index (κ2) is 7.48. The van der Waals surface area contributed by atoms with Crippen LogP contribution in [-0.2, 0) is 4.74 Å². The number of carbonyl (C=O) groups excluding carboxylic acids is 1. The van der Waals surface area contributed by atoms with Gasteiger partial charge < -0.3 is 14.8 Å². The lowest BCUT2D eigenvalue weighted by Crippen LogP contribution is -2.40. The minimum absolute atomic E-state index is 0.102. The molecular weight excluding hydrogens is 270 g/mol. The summed E-state index contributed by atoms with van der Waals surface area (Å²) in [5, 5.41) is 11.6. The van der Waals surface area contributed by atoms with Gasteiger partial charge in [-0.25, -0.2) is 9.78 Å². The van der Waals surface area contributed by atoms with Crippen molar-refractivity contribution in [1.29, 1.82) is 5.26 Å². The van der Waals surface area contributed by atoms with E-state index in [0.29, 0.717) is 18.1 Å². The molecule has 0 bridgehead atoms. The number of hydrogen-bond acceptors (Lipinski definition) is 5. The van der Waals surface area contributed by atoms with Gasteiger partial charge in [-0.1, -0.05) is 0 Å². The molecule has 0 spiro atoms. The predicted octanol–water partition coefficient (Wildman–Crippen LogP) is 2.39. The van der Waals surface area contributed by atoms with Crippen molar-refractivity contribution in [3.8, 4) is 11.9 Å². The Kier molecular flexibility index (Phi) is 5.38. The largest absolute Gasteiger partial charge is 0.474 e. The molecule has 21 heavy (non-hydrogen) atoms. The number of nitrogens with one attached hydrogen (secondary N) is 1. The molecule has 1 heterocycles. The number of nitriles is 1. The van der Waals surface area contributed by atoms with Crippen LogP contribution in [0.5, 0.6) is 5.88 Å². The molecule has 112 valence electrons. The van der Waals surface area contributed by atoms with E-state index in [1.165, 1.54) is 6.20 Å². The van der Waals surface area contributed by atoms with E-state index in [1.807, 2.05) is 6.07 Å². The van der Waals surface area contributed by atoms with E-state index in [1.54, 1.807) is 19.1 Å². The summed E-state index contributed by atoms with van der Waals surface area (Å²) in [5.41, 5.74) is 0.518. The molecule has 1 N–H and O–H groups in total. The molecule has 0 aromatic carbocycles. The summed E-state index contributed by atoms with van der Waals surface area (Å²) in [4.78, 5) is 15.4. The van der Waals surface area contributed by atoms with Crippen molar-refractivity contribution in [3.05, 3.63) is 23.9 Å². The van der Waals surface area contributed by atoms with Crippen LogP contribution in [0.1, 0.15) is 38.2 Å². The maximum atomic E-state index is 11.3. The highest BCUT2D eigenvalue weighted by atomic mass is 16.5. The minimum Gasteiger partial charge on any atom is -0.474 e. The van der Waals surface area contributed by atoms with Crippen molar-refractivity contribution in [3.63, 3.8) is 0 Å². The molecule has 6 heteroatoms. The normalized spacial score (nSPS) is 21.1. The molecule has 0 atom stereocenters. The number of nitrogens with zero attached hydrogens (tertiary/aromatic N) is 2. The Morgan fingerprint density at radius 3 is 2.76 bits per heavy atom. The average Bonchev–Trinajstić information content (AvgIpc) is 2.50. The first-order chi connectivity index (χ1) is 10.2. The topological polar surface area (TPSA) is 84.2 Å². The van der Waals surface area contributed by atoms with E-state index >= 15 is 0 Å². The lowest BCUT2D eigenvalue weighted by atomic mass is 9.93. The summed E-state index contributed by atoms with van der Waals surface area (Å²) in [6.45, 7) is 2.17. The van der Waals surface area contributed by atoms with E-state index in [-0.39, 0.29) is 18.2 Å². The molecule has 1 aliphatic carbocycles. The van der Waals surface area contributed by atoms with Crippen molar-refractivity contribution in [1.82, 2.24) is 10.3 Å². The van der Waals surface area contributed by atoms with Gasteiger partial charge in [0.05, 0.1) is 12.2 Å². The van der Waals surface area contributed by atoms with Crippen LogP contribution >= 0.6 is 0 Å². The number of aromatic nitrogens is 1. The average molecular weight is 289 g/mol. The Labute approximate surface area is 124 Å². The fourth-order valence-corrected chi connectivity index (χ4v) is 2.35. The molecule has 2 rings (SSSR count). The SMILES string of the molecule is CCOC(=O)NC1CCC(Oc2ccc(C#N)cn2)CC1. The number of rotatable bonds is 4. The number of ether oxygens (including phenoxy) is 2. The van der Waals surface area contributed by atoms with Crippen molar-refractivity contribution >= 4 is 6.09 Å². The Bertz CT molecular complexity index is 502.